The van der Waals surface area contributed by atoms with E-state index in [1.807, 2.05) is 30.3 Å². The molecule has 0 atom stereocenters. The Morgan fingerprint density at radius 1 is 1.25 bits per heavy atom. The maximum atomic E-state index is 11.8. The van der Waals surface area contributed by atoms with E-state index < -0.39 is 11.9 Å². The fourth-order valence-electron chi connectivity index (χ4n) is 1.57. The van der Waals surface area contributed by atoms with Gasteiger partial charge < -0.3 is 10.5 Å². The quantitative estimate of drug-likeness (QED) is 0.653. The topological polar surface area (TPSA) is 82.3 Å². The molecule has 0 aliphatic carbocycles. The molecule has 6 heteroatoms. The molecule has 1 aromatic carbocycles. The Morgan fingerprint density at radius 2 is 2.00 bits per heavy atom. The number of hydrogen-bond donors (Lipinski definition) is 1. The summed E-state index contributed by atoms with van der Waals surface area (Å²) < 4.78 is 5.05. The summed E-state index contributed by atoms with van der Waals surface area (Å²) in [5, 5.41) is 0.773. The van der Waals surface area contributed by atoms with Crippen LogP contribution in [-0.4, -0.2) is 23.5 Å². The monoisotopic (exact) mass is 290 g/mol. The molecule has 1 amide bonds. The Bertz CT molecular complexity index is 595. The lowest BCUT2D eigenvalue weighted by atomic mass is 10.2. The molecule has 2 rings (SSSR count). The number of carbonyl (C=O) groups is 2. The molecule has 0 bridgehead atoms. The summed E-state index contributed by atoms with van der Waals surface area (Å²) in [6.45, 7) is 0.181. The maximum Gasteiger partial charge on any atom is 0.349 e. The number of nitrogens with two attached hydrogens (primary N) is 1. The van der Waals surface area contributed by atoms with Crippen LogP contribution >= 0.6 is 11.3 Å². The lowest BCUT2D eigenvalue weighted by Crippen LogP contribution is -2.12. The van der Waals surface area contributed by atoms with E-state index in [-0.39, 0.29) is 13.0 Å². The number of nitrogens with zero attached hydrogens (tertiary/aromatic N) is 1. The first-order valence-electron chi connectivity index (χ1n) is 6.13. The molecule has 20 heavy (non-hydrogen) atoms. The van der Waals surface area contributed by atoms with Crippen LogP contribution < -0.4 is 5.73 Å². The molecule has 104 valence electrons. The highest BCUT2D eigenvalue weighted by Gasteiger charge is 2.12. The molecular formula is C14H14N2O3S. The molecule has 0 unspecified atom stereocenters. The largest absolute Gasteiger partial charge is 0.461 e. The van der Waals surface area contributed by atoms with Crippen molar-refractivity contribution >= 4 is 23.2 Å². The van der Waals surface area contributed by atoms with Gasteiger partial charge in [-0.2, -0.15) is 0 Å². The van der Waals surface area contributed by atoms with Crippen molar-refractivity contribution in [2.24, 2.45) is 5.73 Å². The van der Waals surface area contributed by atoms with Crippen LogP contribution in [-0.2, 0) is 9.53 Å². The Labute approximate surface area is 120 Å². The van der Waals surface area contributed by atoms with Crippen LogP contribution in [0.15, 0.2) is 36.5 Å². The molecule has 0 aliphatic heterocycles. The number of amides is 1. The predicted octanol–water partition coefficient (Wildman–Crippen LogP) is 2.23. The average Bonchev–Trinajstić information content (AvgIpc) is 2.94. The highest BCUT2D eigenvalue weighted by atomic mass is 32.1. The van der Waals surface area contributed by atoms with Crippen molar-refractivity contribution in [2.75, 3.05) is 6.61 Å². The third-order valence-electron chi connectivity index (χ3n) is 2.53. The lowest BCUT2D eigenvalue weighted by Gasteiger charge is -2.01. The van der Waals surface area contributed by atoms with Gasteiger partial charge in [0, 0.05) is 12.0 Å². The molecule has 0 saturated carbocycles. The van der Waals surface area contributed by atoms with Gasteiger partial charge in [-0.25, -0.2) is 9.78 Å². The first kappa shape index (κ1) is 14.2. The first-order valence-corrected chi connectivity index (χ1v) is 6.95. The highest BCUT2D eigenvalue weighted by Crippen LogP contribution is 2.25. The molecule has 5 nitrogen and oxygen atoms in total. The van der Waals surface area contributed by atoms with E-state index in [1.165, 1.54) is 17.5 Å². The second kappa shape index (κ2) is 6.81. The van der Waals surface area contributed by atoms with Crippen molar-refractivity contribution in [2.45, 2.75) is 12.8 Å². The SMILES string of the molecule is NC(=O)CCCOC(=O)c1cnc(-c2ccccc2)s1. The van der Waals surface area contributed by atoms with Crippen LogP contribution in [0.3, 0.4) is 0 Å². The van der Waals surface area contributed by atoms with E-state index in [2.05, 4.69) is 4.98 Å². The van der Waals surface area contributed by atoms with E-state index in [9.17, 15) is 9.59 Å². The summed E-state index contributed by atoms with van der Waals surface area (Å²) in [5.41, 5.74) is 5.96. The number of benzene rings is 1. The zero-order valence-corrected chi connectivity index (χ0v) is 11.6. The van der Waals surface area contributed by atoms with Gasteiger partial charge in [0.2, 0.25) is 5.91 Å². The van der Waals surface area contributed by atoms with Crippen LogP contribution in [0, 0.1) is 0 Å². The van der Waals surface area contributed by atoms with Crippen LogP contribution in [0.1, 0.15) is 22.5 Å². The average molecular weight is 290 g/mol. The Hall–Kier alpha value is -2.21. The number of hydrogen-bond acceptors (Lipinski definition) is 5. The van der Waals surface area contributed by atoms with Crippen molar-refractivity contribution in [3.63, 3.8) is 0 Å². The van der Waals surface area contributed by atoms with Gasteiger partial charge >= 0.3 is 5.97 Å². The fraction of sp³-hybridized carbons (Fsp3) is 0.214. The Morgan fingerprint density at radius 3 is 2.70 bits per heavy atom. The molecule has 0 spiro atoms. The molecule has 0 fully saturated rings. The van der Waals surface area contributed by atoms with Crippen molar-refractivity contribution in [3.8, 4) is 10.6 Å². The molecule has 2 aromatic rings. The second-order valence-electron chi connectivity index (χ2n) is 4.10. The smallest absolute Gasteiger partial charge is 0.349 e. The van der Waals surface area contributed by atoms with Gasteiger partial charge in [-0.3, -0.25) is 4.79 Å². The van der Waals surface area contributed by atoms with Gasteiger partial charge in [0.25, 0.3) is 0 Å². The van der Waals surface area contributed by atoms with Crippen molar-refractivity contribution in [3.05, 3.63) is 41.4 Å². The normalized spacial score (nSPS) is 10.2. The third kappa shape index (κ3) is 3.89. The van der Waals surface area contributed by atoms with E-state index in [0.717, 1.165) is 10.6 Å². The molecule has 0 saturated heterocycles. The van der Waals surface area contributed by atoms with Gasteiger partial charge in [-0.1, -0.05) is 30.3 Å². The summed E-state index contributed by atoms with van der Waals surface area (Å²) in [6, 6.07) is 9.61. The van der Waals surface area contributed by atoms with Gasteiger partial charge in [0.1, 0.15) is 9.88 Å². The number of thiazole rings is 1. The second-order valence-corrected chi connectivity index (χ2v) is 5.13. The number of carbonyl (C=O) groups excluding carboxylic acids is 2. The van der Waals surface area contributed by atoms with Gasteiger partial charge in [0.15, 0.2) is 0 Å². The molecule has 2 N–H and O–H groups in total. The lowest BCUT2D eigenvalue weighted by molar-refractivity contribution is -0.118. The summed E-state index contributed by atoms with van der Waals surface area (Å²) in [5.74, 6) is -0.820. The molecule has 0 aliphatic rings. The zero-order chi connectivity index (χ0) is 14.4. The number of esters is 1. The van der Waals surface area contributed by atoms with Crippen LogP contribution in [0.4, 0.5) is 0 Å². The minimum Gasteiger partial charge on any atom is -0.461 e. The Kier molecular flexibility index (Phi) is 4.84. The van der Waals surface area contributed by atoms with Crippen LogP contribution in [0.2, 0.25) is 0 Å². The number of aromatic nitrogens is 1. The maximum absolute atomic E-state index is 11.8. The number of rotatable bonds is 6. The zero-order valence-electron chi connectivity index (χ0n) is 10.7. The molecular weight excluding hydrogens is 276 g/mol. The number of primary amides is 1. The highest BCUT2D eigenvalue weighted by molar-refractivity contribution is 7.16. The van der Waals surface area contributed by atoms with Crippen molar-refractivity contribution < 1.29 is 14.3 Å². The predicted molar refractivity (Wildman–Crippen MR) is 76.3 cm³/mol. The van der Waals surface area contributed by atoms with E-state index in [4.69, 9.17) is 10.5 Å². The molecule has 1 heterocycles. The fourth-order valence-corrected chi connectivity index (χ4v) is 2.38. The molecule has 0 radical (unpaired) electrons. The standard InChI is InChI=1S/C14H14N2O3S/c15-12(17)7-4-8-19-14(18)11-9-16-13(20-11)10-5-2-1-3-6-10/h1-3,5-6,9H,4,7-8H2,(H2,15,17). The van der Waals surface area contributed by atoms with Gasteiger partial charge in [0.05, 0.1) is 12.8 Å². The summed E-state index contributed by atoms with van der Waals surface area (Å²) >= 11 is 1.28. The third-order valence-corrected chi connectivity index (χ3v) is 3.55. The van der Waals surface area contributed by atoms with E-state index in [1.54, 1.807) is 0 Å². The van der Waals surface area contributed by atoms with E-state index >= 15 is 0 Å². The minimum absolute atomic E-state index is 0.181. The van der Waals surface area contributed by atoms with Crippen molar-refractivity contribution in [1.82, 2.24) is 4.98 Å². The molecule has 1 aromatic heterocycles. The van der Waals surface area contributed by atoms with Gasteiger partial charge in [-0.15, -0.1) is 11.3 Å². The summed E-state index contributed by atoms with van der Waals surface area (Å²) in [4.78, 5) is 27.0. The van der Waals surface area contributed by atoms with Gasteiger partial charge in [-0.05, 0) is 6.42 Å². The summed E-state index contributed by atoms with van der Waals surface area (Å²) in [7, 11) is 0. The van der Waals surface area contributed by atoms with Crippen LogP contribution in [0.25, 0.3) is 10.6 Å². The Balaban J connectivity index is 1.92. The van der Waals surface area contributed by atoms with E-state index in [0.29, 0.717) is 11.3 Å². The van der Waals surface area contributed by atoms with Crippen LogP contribution in [0.5, 0.6) is 0 Å². The minimum atomic E-state index is -0.422. The first-order chi connectivity index (χ1) is 9.66. The van der Waals surface area contributed by atoms with Crippen molar-refractivity contribution in [1.29, 1.82) is 0 Å². The summed E-state index contributed by atoms with van der Waals surface area (Å²) in [6.07, 6.45) is 2.15. The number of ether oxygens (including phenoxy) is 1.